The lowest BCUT2D eigenvalue weighted by molar-refractivity contribution is -0.139. The zero-order valence-electron chi connectivity index (χ0n) is 11.3. The van der Waals surface area contributed by atoms with Crippen molar-refractivity contribution in [3.63, 3.8) is 0 Å². The van der Waals surface area contributed by atoms with Crippen molar-refractivity contribution < 1.29 is 14.6 Å². The van der Waals surface area contributed by atoms with E-state index in [4.69, 9.17) is 21.4 Å². The summed E-state index contributed by atoms with van der Waals surface area (Å²) in [6.07, 6.45) is 0.907. The van der Waals surface area contributed by atoms with Gasteiger partial charge in [-0.3, -0.25) is 9.69 Å². The van der Waals surface area contributed by atoms with Gasteiger partial charge in [-0.25, -0.2) is 0 Å². The molecule has 0 spiro atoms. The number of hydrogen-bond donors (Lipinski definition) is 1. The molecule has 0 aromatic heterocycles. The van der Waals surface area contributed by atoms with Gasteiger partial charge in [-0.2, -0.15) is 0 Å². The Morgan fingerprint density at radius 2 is 2.26 bits per heavy atom. The first kappa shape index (κ1) is 15.8. The van der Waals surface area contributed by atoms with Crippen molar-refractivity contribution in [1.29, 1.82) is 0 Å². The predicted molar refractivity (Wildman–Crippen MR) is 75.9 cm³/mol. The van der Waals surface area contributed by atoms with E-state index in [9.17, 15) is 4.79 Å². The monoisotopic (exact) mass is 285 g/mol. The van der Waals surface area contributed by atoms with Crippen LogP contribution in [0.5, 0.6) is 5.75 Å². The minimum Gasteiger partial charge on any atom is -0.492 e. The van der Waals surface area contributed by atoms with E-state index in [0.717, 1.165) is 6.42 Å². The fraction of sp³-hybridized carbons (Fsp3) is 0.500. The quantitative estimate of drug-likeness (QED) is 0.798. The fourth-order valence-corrected chi connectivity index (χ4v) is 1.91. The van der Waals surface area contributed by atoms with Gasteiger partial charge in [0.15, 0.2) is 0 Å². The number of carboxylic acids is 1. The van der Waals surface area contributed by atoms with Crippen LogP contribution in [0.2, 0.25) is 5.02 Å². The molecule has 1 rings (SSSR count). The van der Waals surface area contributed by atoms with Crippen LogP contribution in [0, 0.1) is 0 Å². The smallest absolute Gasteiger partial charge is 0.317 e. The van der Waals surface area contributed by atoms with Gasteiger partial charge in [0.2, 0.25) is 0 Å². The molecule has 0 saturated carbocycles. The maximum atomic E-state index is 10.8. The van der Waals surface area contributed by atoms with Crippen molar-refractivity contribution in [2.75, 3.05) is 19.7 Å². The Bertz CT molecular complexity index is 411. The molecule has 0 amide bonds. The average molecular weight is 286 g/mol. The first-order chi connectivity index (χ1) is 9.02. The molecule has 0 aliphatic heterocycles. The van der Waals surface area contributed by atoms with E-state index in [1.54, 1.807) is 12.1 Å². The summed E-state index contributed by atoms with van der Waals surface area (Å²) in [4.78, 5) is 12.7. The van der Waals surface area contributed by atoms with Crippen LogP contribution in [0.1, 0.15) is 20.3 Å². The molecule has 0 saturated heterocycles. The molecule has 0 radical (unpaired) electrons. The van der Waals surface area contributed by atoms with Gasteiger partial charge in [0, 0.05) is 17.6 Å². The largest absolute Gasteiger partial charge is 0.492 e. The van der Waals surface area contributed by atoms with Crippen molar-refractivity contribution in [2.45, 2.75) is 26.3 Å². The topological polar surface area (TPSA) is 49.8 Å². The second kappa shape index (κ2) is 8.02. The highest BCUT2D eigenvalue weighted by Gasteiger charge is 2.15. The average Bonchev–Trinajstić information content (AvgIpc) is 2.36. The Hall–Kier alpha value is -1.26. The molecular formula is C14H20ClNO3. The molecule has 0 fully saturated rings. The number of aliphatic carboxylic acids is 1. The molecule has 0 aliphatic carbocycles. The summed E-state index contributed by atoms with van der Waals surface area (Å²) >= 11 is 5.86. The summed E-state index contributed by atoms with van der Waals surface area (Å²) in [5, 5.41) is 9.51. The Kier molecular flexibility index (Phi) is 6.67. The second-order valence-electron chi connectivity index (χ2n) is 4.43. The van der Waals surface area contributed by atoms with E-state index in [2.05, 4.69) is 0 Å². The van der Waals surface area contributed by atoms with Crippen molar-refractivity contribution in [2.24, 2.45) is 0 Å². The highest BCUT2D eigenvalue weighted by molar-refractivity contribution is 6.30. The zero-order valence-corrected chi connectivity index (χ0v) is 12.1. The summed E-state index contributed by atoms with van der Waals surface area (Å²) in [5.74, 6) is -0.116. The third kappa shape index (κ3) is 5.94. The number of rotatable bonds is 8. The highest BCUT2D eigenvalue weighted by atomic mass is 35.5. The van der Waals surface area contributed by atoms with E-state index in [0.29, 0.717) is 23.9 Å². The van der Waals surface area contributed by atoms with Gasteiger partial charge >= 0.3 is 5.97 Å². The van der Waals surface area contributed by atoms with Crippen molar-refractivity contribution in [3.8, 4) is 5.75 Å². The summed E-state index contributed by atoms with van der Waals surface area (Å²) in [6.45, 7) is 5.11. The van der Waals surface area contributed by atoms with Gasteiger partial charge in [0.05, 0.1) is 6.54 Å². The molecule has 0 aliphatic rings. The van der Waals surface area contributed by atoms with E-state index in [1.807, 2.05) is 30.9 Å². The highest BCUT2D eigenvalue weighted by Crippen LogP contribution is 2.17. The molecule has 0 bridgehead atoms. The first-order valence-electron chi connectivity index (χ1n) is 6.37. The molecular weight excluding hydrogens is 266 g/mol. The van der Waals surface area contributed by atoms with Crippen molar-refractivity contribution in [1.82, 2.24) is 4.90 Å². The predicted octanol–water partition coefficient (Wildman–Crippen LogP) is 2.90. The van der Waals surface area contributed by atoms with Crippen molar-refractivity contribution >= 4 is 17.6 Å². The molecule has 106 valence electrons. The number of carbonyl (C=O) groups is 1. The number of ether oxygens (including phenoxy) is 1. The Morgan fingerprint density at radius 3 is 2.84 bits per heavy atom. The minimum atomic E-state index is -0.817. The van der Waals surface area contributed by atoms with Crippen LogP contribution in [0.4, 0.5) is 0 Å². The van der Waals surface area contributed by atoms with E-state index in [1.165, 1.54) is 0 Å². The number of carboxylic acid groups (broad SMARTS) is 1. The lowest BCUT2D eigenvalue weighted by Crippen LogP contribution is -2.39. The molecule has 19 heavy (non-hydrogen) atoms. The van der Waals surface area contributed by atoms with E-state index in [-0.39, 0.29) is 12.6 Å². The summed E-state index contributed by atoms with van der Waals surface area (Å²) in [5.41, 5.74) is 0. The summed E-state index contributed by atoms with van der Waals surface area (Å²) in [6, 6.07) is 7.40. The number of nitrogens with zero attached hydrogens (tertiary/aromatic N) is 1. The van der Waals surface area contributed by atoms with Crippen LogP contribution in [0.3, 0.4) is 0 Å². The third-order valence-corrected chi connectivity index (χ3v) is 3.23. The maximum absolute atomic E-state index is 10.8. The van der Waals surface area contributed by atoms with Crippen LogP contribution in [0.25, 0.3) is 0 Å². The molecule has 0 heterocycles. The van der Waals surface area contributed by atoms with Gasteiger partial charge in [-0.05, 0) is 31.5 Å². The molecule has 5 heteroatoms. The van der Waals surface area contributed by atoms with Crippen LogP contribution < -0.4 is 4.74 Å². The van der Waals surface area contributed by atoms with Gasteiger partial charge in [-0.1, -0.05) is 24.6 Å². The molecule has 1 N–H and O–H groups in total. The lowest BCUT2D eigenvalue weighted by Gasteiger charge is -2.26. The molecule has 1 atom stereocenters. The normalized spacial score (nSPS) is 12.4. The zero-order chi connectivity index (χ0) is 14.3. The van der Waals surface area contributed by atoms with E-state index >= 15 is 0 Å². The molecule has 1 unspecified atom stereocenters. The molecule has 1 aromatic carbocycles. The molecule has 4 nitrogen and oxygen atoms in total. The third-order valence-electron chi connectivity index (χ3n) is 3.00. The van der Waals surface area contributed by atoms with Gasteiger partial charge in [-0.15, -0.1) is 0 Å². The lowest BCUT2D eigenvalue weighted by atomic mass is 10.2. The fourth-order valence-electron chi connectivity index (χ4n) is 1.72. The number of hydrogen-bond acceptors (Lipinski definition) is 3. The standard InChI is InChI=1S/C14H20ClNO3/c1-3-11(2)16(10-14(17)18)7-8-19-13-6-4-5-12(15)9-13/h4-6,9,11H,3,7-8,10H2,1-2H3,(H,17,18). The number of halogens is 1. The first-order valence-corrected chi connectivity index (χ1v) is 6.75. The summed E-state index contributed by atoms with van der Waals surface area (Å²) < 4.78 is 5.57. The van der Waals surface area contributed by atoms with Gasteiger partial charge < -0.3 is 9.84 Å². The van der Waals surface area contributed by atoms with E-state index < -0.39 is 5.97 Å². The van der Waals surface area contributed by atoms with Crippen LogP contribution >= 0.6 is 11.6 Å². The maximum Gasteiger partial charge on any atom is 0.317 e. The Balaban J connectivity index is 2.45. The Morgan fingerprint density at radius 1 is 1.53 bits per heavy atom. The van der Waals surface area contributed by atoms with Crippen LogP contribution in [-0.4, -0.2) is 41.7 Å². The molecule has 1 aromatic rings. The van der Waals surface area contributed by atoms with Crippen LogP contribution in [-0.2, 0) is 4.79 Å². The SMILES string of the molecule is CCC(C)N(CCOc1cccc(Cl)c1)CC(=O)O. The second-order valence-corrected chi connectivity index (χ2v) is 4.86. The summed E-state index contributed by atoms with van der Waals surface area (Å²) in [7, 11) is 0. The van der Waals surface area contributed by atoms with Gasteiger partial charge in [0.25, 0.3) is 0 Å². The van der Waals surface area contributed by atoms with Crippen molar-refractivity contribution in [3.05, 3.63) is 29.3 Å². The van der Waals surface area contributed by atoms with Gasteiger partial charge in [0.1, 0.15) is 12.4 Å². The van der Waals surface area contributed by atoms with Crippen LogP contribution in [0.15, 0.2) is 24.3 Å². The Labute approximate surface area is 118 Å². The minimum absolute atomic E-state index is 0.0356. The number of benzene rings is 1.